The molecule has 0 saturated carbocycles. The summed E-state index contributed by atoms with van der Waals surface area (Å²) in [6.07, 6.45) is 3.11. The van der Waals surface area contributed by atoms with Crippen LogP contribution in [0.15, 0.2) is 30.3 Å². The molecule has 1 heterocycles. The molecule has 0 spiro atoms. The third-order valence-corrected chi connectivity index (χ3v) is 3.67. The van der Waals surface area contributed by atoms with Crippen molar-refractivity contribution < 1.29 is 4.79 Å². The van der Waals surface area contributed by atoms with Gasteiger partial charge in [-0.1, -0.05) is 30.3 Å². The van der Waals surface area contributed by atoms with Crippen molar-refractivity contribution in [3.8, 4) is 0 Å². The Morgan fingerprint density at radius 2 is 1.89 bits per heavy atom. The molecule has 98 valence electrons. The molecule has 1 aromatic rings. The van der Waals surface area contributed by atoms with E-state index in [9.17, 15) is 4.79 Å². The number of halogens is 1. The van der Waals surface area contributed by atoms with E-state index in [2.05, 4.69) is 4.90 Å². The molecule has 18 heavy (non-hydrogen) atoms. The largest absolute Gasteiger partial charge is 0.293 e. The van der Waals surface area contributed by atoms with Crippen LogP contribution in [-0.2, 0) is 0 Å². The first kappa shape index (κ1) is 13.6. The van der Waals surface area contributed by atoms with E-state index in [0.717, 1.165) is 25.1 Å². The van der Waals surface area contributed by atoms with Gasteiger partial charge in [-0.2, -0.15) is 0 Å². The van der Waals surface area contributed by atoms with E-state index in [1.165, 1.54) is 12.8 Å². The maximum atomic E-state index is 12.6. The van der Waals surface area contributed by atoms with Crippen molar-refractivity contribution in [1.29, 1.82) is 0 Å². The number of alkyl halides is 1. The van der Waals surface area contributed by atoms with E-state index < -0.39 is 0 Å². The molecular weight excluding hydrogens is 246 g/mol. The van der Waals surface area contributed by atoms with Crippen molar-refractivity contribution in [2.75, 3.05) is 13.1 Å². The van der Waals surface area contributed by atoms with Crippen LogP contribution in [-0.4, -0.2) is 35.2 Å². The van der Waals surface area contributed by atoms with Gasteiger partial charge in [0.25, 0.3) is 0 Å². The zero-order valence-corrected chi connectivity index (χ0v) is 11.6. The Kier molecular flexibility index (Phi) is 4.79. The topological polar surface area (TPSA) is 20.3 Å². The van der Waals surface area contributed by atoms with Gasteiger partial charge >= 0.3 is 0 Å². The Labute approximate surface area is 114 Å². The highest BCUT2D eigenvalue weighted by molar-refractivity contribution is 6.20. The molecule has 2 rings (SSSR count). The summed E-state index contributed by atoms with van der Waals surface area (Å²) in [7, 11) is 0. The molecule has 0 aliphatic carbocycles. The highest BCUT2D eigenvalue weighted by Gasteiger charge is 2.29. The molecule has 2 nitrogen and oxygen atoms in total. The minimum absolute atomic E-state index is 0.0308. The lowest BCUT2D eigenvalue weighted by atomic mass is 9.99. The highest BCUT2D eigenvalue weighted by atomic mass is 35.5. The molecular formula is C15H20ClNO. The van der Waals surface area contributed by atoms with Gasteiger partial charge in [0, 0.05) is 10.9 Å². The maximum absolute atomic E-state index is 12.6. The fourth-order valence-corrected chi connectivity index (χ4v) is 2.75. The summed E-state index contributed by atoms with van der Waals surface area (Å²) in [6.45, 7) is 4.00. The molecule has 1 aliphatic rings. The van der Waals surface area contributed by atoms with Gasteiger partial charge in [-0.15, -0.1) is 11.6 Å². The van der Waals surface area contributed by atoms with E-state index in [1.807, 2.05) is 37.3 Å². The highest BCUT2D eigenvalue weighted by Crippen LogP contribution is 2.21. The van der Waals surface area contributed by atoms with Gasteiger partial charge in [-0.3, -0.25) is 9.69 Å². The molecule has 1 fully saturated rings. The number of hydrogen-bond donors (Lipinski definition) is 0. The van der Waals surface area contributed by atoms with E-state index in [1.54, 1.807) is 0 Å². The predicted octanol–water partition coefficient (Wildman–Crippen LogP) is 3.35. The first-order valence-corrected chi connectivity index (χ1v) is 7.09. The number of rotatable bonds is 5. The van der Waals surface area contributed by atoms with Crippen LogP contribution in [0.1, 0.15) is 36.5 Å². The van der Waals surface area contributed by atoms with Crippen LogP contribution in [0.3, 0.4) is 0 Å². The normalized spacial score (nSPS) is 19.7. The van der Waals surface area contributed by atoms with Crippen molar-refractivity contribution in [3.63, 3.8) is 0 Å². The lowest BCUT2D eigenvalue weighted by Crippen LogP contribution is -2.40. The van der Waals surface area contributed by atoms with Gasteiger partial charge < -0.3 is 0 Å². The van der Waals surface area contributed by atoms with Crippen molar-refractivity contribution in [2.24, 2.45) is 0 Å². The van der Waals surface area contributed by atoms with Crippen LogP contribution >= 0.6 is 11.6 Å². The second kappa shape index (κ2) is 6.35. The molecule has 2 unspecified atom stereocenters. The number of ketones is 1. The fraction of sp³-hybridized carbons (Fsp3) is 0.533. The van der Waals surface area contributed by atoms with E-state index in [-0.39, 0.29) is 17.2 Å². The van der Waals surface area contributed by atoms with E-state index >= 15 is 0 Å². The predicted molar refractivity (Wildman–Crippen MR) is 75.3 cm³/mol. The third kappa shape index (κ3) is 3.33. The second-order valence-corrected chi connectivity index (χ2v) is 5.75. The zero-order chi connectivity index (χ0) is 13.0. The van der Waals surface area contributed by atoms with Gasteiger partial charge in [0.15, 0.2) is 5.78 Å². The molecule has 0 radical (unpaired) electrons. The summed E-state index contributed by atoms with van der Waals surface area (Å²) in [5.74, 6) is 0.213. The number of Topliss-reactive ketones (excluding diaryl/α,β-unsaturated/α-hetero) is 1. The molecule has 3 heteroatoms. The lowest BCUT2D eigenvalue weighted by molar-refractivity contribution is 0.0838. The minimum Gasteiger partial charge on any atom is -0.293 e. The van der Waals surface area contributed by atoms with Gasteiger partial charge in [-0.25, -0.2) is 0 Å². The summed E-state index contributed by atoms with van der Waals surface area (Å²) in [6, 6.07) is 9.50. The van der Waals surface area contributed by atoms with Crippen LogP contribution < -0.4 is 0 Å². The average Bonchev–Trinajstić information content (AvgIpc) is 2.89. The number of likely N-dealkylation sites (tertiary alicyclic amines) is 1. The maximum Gasteiger partial charge on any atom is 0.179 e. The van der Waals surface area contributed by atoms with Crippen molar-refractivity contribution >= 4 is 17.4 Å². The Morgan fingerprint density at radius 3 is 2.44 bits per heavy atom. The molecule has 1 saturated heterocycles. The van der Waals surface area contributed by atoms with Gasteiger partial charge in [0.1, 0.15) is 0 Å². The monoisotopic (exact) mass is 265 g/mol. The van der Waals surface area contributed by atoms with Crippen molar-refractivity contribution in [2.45, 2.75) is 37.6 Å². The van der Waals surface area contributed by atoms with Crippen LogP contribution in [0.5, 0.6) is 0 Å². The van der Waals surface area contributed by atoms with E-state index in [0.29, 0.717) is 0 Å². The molecule has 2 atom stereocenters. The fourth-order valence-electron chi connectivity index (χ4n) is 2.58. The quantitative estimate of drug-likeness (QED) is 0.601. The van der Waals surface area contributed by atoms with Crippen LogP contribution in [0.2, 0.25) is 0 Å². The zero-order valence-electron chi connectivity index (χ0n) is 10.8. The summed E-state index contributed by atoms with van der Waals surface area (Å²) in [5, 5.41) is 0.0308. The number of carbonyl (C=O) groups excluding carboxylic acids is 1. The van der Waals surface area contributed by atoms with Crippen LogP contribution in [0.4, 0.5) is 0 Å². The summed E-state index contributed by atoms with van der Waals surface area (Å²) in [4.78, 5) is 14.9. The third-order valence-electron chi connectivity index (χ3n) is 3.49. The number of carbonyl (C=O) groups is 1. The minimum atomic E-state index is -0.0533. The smallest absolute Gasteiger partial charge is 0.179 e. The Bertz CT molecular complexity index is 385. The second-order valence-electron chi connectivity index (χ2n) is 5.01. The Balaban J connectivity index is 2.15. The Hall–Kier alpha value is -0.860. The van der Waals surface area contributed by atoms with Crippen molar-refractivity contribution in [1.82, 2.24) is 4.90 Å². The first-order valence-electron chi connectivity index (χ1n) is 6.66. The molecule has 0 N–H and O–H groups in total. The summed E-state index contributed by atoms with van der Waals surface area (Å²) in [5.41, 5.74) is 0.798. The van der Waals surface area contributed by atoms with Crippen molar-refractivity contribution in [3.05, 3.63) is 35.9 Å². The number of benzene rings is 1. The molecule has 1 aliphatic heterocycles. The first-order chi connectivity index (χ1) is 8.68. The van der Waals surface area contributed by atoms with Gasteiger partial charge in [0.2, 0.25) is 0 Å². The standard InChI is InChI=1S/C15H20ClNO/c1-12(16)11-14(17-9-5-6-10-17)15(18)13-7-3-2-4-8-13/h2-4,7-8,12,14H,5-6,9-11H2,1H3. The molecule has 0 bridgehead atoms. The van der Waals surface area contributed by atoms with Crippen LogP contribution in [0.25, 0.3) is 0 Å². The summed E-state index contributed by atoms with van der Waals surface area (Å²) < 4.78 is 0. The summed E-state index contributed by atoms with van der Waals surface area (Å²) >= 11 is 6.10. The Morgan fingerprint density at radius 1 is 1.28 bits per heavy atom. The molecule has 0 amide bonds. The van der Waals surface area contributed by atoms with Crippen LogP contribution in [0, 0.1) is 0 Å². The number of hydrogen-bond acceptors (Lipinski definition) is 2. The van der Waals surface area contributed by atoms with Gasteiger partial charge in [0.05, 0.1) is 6.04 Å². The van der Waals surface area contributed by atoms with Gasteiger partial charge in [-0.05, 0) is 39.3 Å². The average molecular weight is 266 g/mol. The number of nitrogens with zero attached hydrogens (tertiary/aromatic N) is 1. The molecule has 0 aromatic heterocycles. The SMILES string of the molecule is CC(Cl)CC(C(=O)c1ccccc1)N1CCCC1. The lowest BCUT2D eigenvalue weighted by Gasteiger charge is -2.27. The molecule has 1 aromatic carbocycles. The van der Waals surface area contributed by atoms with E-state index in [4.69, 9.17) is 11.6 Å².